The van der Waals surface area contributed by atoms with Crippen LogP contribution >= 0.6 is 11.8 Å². The lowest BCUT2D eigenvalue weighted by atomic mass is 10.5. The molecular weight excluding hydrogens is 118 g/mol. The molecule has 0 aromatic rings. The second-order valence-electron chi connectivity index (χ2n) is 1.52. The van der Waals surface area contributed by atoms with Gasteiger partial charge in [-0.2, -0.15) is 0 Å². The van der Waals surface area contributed by atoms with Gasteiger partial charge in [-0.05, 0) is 5.41 Å². The minimum Gasteiger partial charge on any atom is -0.304 e. The molecule has 1 aliphatic heterocycles. The molecule has 0 fully saturated rings. The van der Waals surface area contributed by atoms with Crippen LogP contribution in [0.4, 0.5) is 0 Å². The van der Waals surface area contributed by atoms with E-state index in [0.29, 0.717) is 0 Å². The Hall–Kier alpha value is -0.210. The third kappa shape index (κ3) is 2.19. The summed E-state index contributed by atoms with van der Waals surface area (Å²) in [6, 6.07) is 0. The van der Waals surface area contributed by atoms with Crippen molar-refractivity contribution in [2.75, 3.05) is 12.4 Å². The molecule has 1 N–H and O–H groups in total. The van der Waals surface area contributed by atoms with Crippen LogP contribution in [0, 0.1) is 0 Å². The van der Waals surface area contributed by atoms with Crippen molar-refractivity contribution in [3.8, 4) is 0 Å². The first-order chi connectivity index (χ1) is 4.00. The van der Waals surface area contributed by atoms with Gasteiger partial charge in [0.15, 0.2) is 0 Å². The van der Waals surface area contributed by atoms with Gasteiger partial charge in [-0.25, -0.2) is 0 Å². The number of hydrogen-bond acceptors (Lipinski definition) is 2. The summed E-state index contributed by atoms with van der Waals surface area (Å²) in [7, 11) is 0. The highest BCUT2D eigenvalue weighted by Gasteiger charge is 1.81. The standard InChI is InChI=1S/C6H9NS/c1-2-4-7-6-8-5-3-1/h1-3,5,7H,4,6H2/b2-1-,5-3-. The predicted octanol–water partition coefficient (Wildman–Crippen LogP) is 1.35. The monoisotopic (exact) mass is 127 g/mol. The highest BCUT2D eigenvalue weighted by atomic mass is 32.2. The Bertz CT molecular complexity index is 93.1. The fourth-order valence-corrected chi connectivity index (χ4v) is 1.03. The van der Waals surface area contributed by atoms with E-state index in [0.717, 1.165) is 12.4 Å². The van der Waals surface area contributed by atoms with Crippen LogP contribution in [0.3, 0.4) is 0 Å². The van der Waals surface area contributed by atoms with Crippen LogP contribution < -0.4 is 5.32 Å². The van der Waals surface area contributed by atoms with Crippen LogP contribution in [0.15, 0.2) is 23.6 Å². The minimum absolute atomic E-state index is 0.997. The van der Waals surface area contributed by atoms with Gasteiger partial charge in [0.2, 0.25) is 0 Å². The summed E-state index contributed by atoms with van der Waals surface area (Å²) >= 11 is 1.79. The zero-order chi connectivity index (χ0) is 5.66. The van der Waals surface area contributed by atoms with Gasteiger partial charge in [0.05, 0.1) is 0 Å². The molecule has 0 atom stereocenters. The maximum atomic E-state index is 3.21. The molecule has 0 aromatic carbocycles. The van der Waals surface area contributed by atoms with Crippen LogP contribution in [0.2, 0.25) is 0 Å². The zero-order valence-electron chi connectivity index (χ0n) is 4.63. The van der Waals surface area contributed by atoms with Gasteiger partial charge in [0, 0.05) is 12.4 Å². The third-order valence-electron chi connectivity index (χ3n) is 0.870. The molecule has 44 valence electrons. The molecule has 0 radical (unpaired) electrons. The molecule has 1 heterocycles. The summed E-state index contributed by atoms with van der Waals surface area (Å²) in [4.78, 5) is 0. The molecular formula is C6H9NS. The summed E-state index contributed by atoms with van der Waals surface area (Å²) in [5.74, 6) is 1.03. The van der Waals surface area contributed by atoms with E-state index in [-0.39, 0.29) is 0 Å². The number of rotatable bonds is 0. The van der Waals surface area contributed by atoms with Crippen molar-refractivity contribution in [2.24, 2.45) is 0 Å². The molecule has 0 bridgehead atoms. The van der Waals surface area contributed by atoms with Crippen molar-refractivity contribution in [1.82, 2.24) is 5.32 Å². The molecule has 1 aliphatic rings. The highest BCUT2D eigenvalue weighted by molar-refractivity contribution is 8.02. The Balaban J connectivity index is 2.33. The van der Waals surface area contributed by atoms with Crippen LogP contribution in [-0.4, -0.2) is 12.4 Å². The molecule has 0 saturated heterocycles. The Kier molecular flexibility index (Phi) is 2.78. The maximum absolute atomic E-state index is 3.21. The van der Waals surface area contributed by atoms with Crippen molar-refractivity contribution in [2.45, 2.75) is 0 Å². The van der Waals surface area contributed by atoms with Crippen molar-refractivity contribution < 1.29 is 0 Å². The lowest BCUT2D eigenvalue weighted by Crippen LogP contribution is -2.11. The van der Waals surface area contributed by atoms with Gasteiger partial charge < -0.3 is 5.32 Å². The van der Waals surface area contributed by atoms with Crippen molar-refractivity contribution in [3.05, 3.63) is 23.6 Å². The van der Waals surface area contributed by atoms with Crippen molar-refractivity contribution >= 4 is 11.8 Å². The minimum atomic E-state index is 0.997. The van der Waals surface area contributed by atoms with Crippen molar-refractivity contribution in [3.63, 3.8) is 0 Å². The Morgan fingerprint density at radius 1 is 1.38 bits per heavy atom. The maximum Gasteiger partial charge on any atom is 0.0462 e. The van der Waals surface area contributed by atoms with E-state index < -0.39 is 0 Å². The van der Waals surface area contributed by atoms with E-state index in [9.17, 15) is 0 Å². The Labute approximate surface area is 53.9 Å². The molecule has 0 aliphatic carbocycles. The van der Waals surface area contributed by atoms with Gasteiger partial charge >= 0.3 is 0 Å². The average molecular weight is 127 g/mol. The summed E-state index contributed by atoms with van der Waals surface area (Å²) in [6.45, 7) is 0.997. The van der Waals surface area contributed by atoms with E-state index in [2.05, 4.69) is 29.0 Å². The molecule has 8 heavy (non-hydrogen) atoms. The molecule has 1 rings (SSSR count). The lowest BCUT2D eigenvalue weighted by Gasteiger charge is -1.97. The van der Waals surface area contributed by atoms with E-state index in [1.165, 1.54) is 0 Å². The highest BCUT2D eigenvalue weighted by Crippen LogP contribution is 1.99. The summed E-state index contributed by atoms with van der Waals surface area (Å²) in [5.41, 5.74) is 0. The van der Waals surface area contributed by atoms with E-state index in [1.807, 2.05) is 0 Å². The van der Waals surface area contributed by atoms with Gasteiger partial charge in [-0.1, -0.05) is 18.2 Å². The number of nitrogens with one attached hydrogen (secondary N) is 1. The molecule has 0 amide bonds. The normalized spacial score (nSPS) is 28.0. The Morgan fingerprint density at radius 3 is 3.38 bits per heavy atom. The van der Waals surface area contributed by atoms with Gasteiger partial charge in [-0.15, -0.1) is 11.8 Å². The molecule has 0 saturated carbocycles. The fourth-order valence-electron chi connectivity index (χ4n) is 0.497. The Morgan fingerprint density at radius 2 is 2.38 bits per heavy atom. The second-order valence-corrected chi connectivity index (χ2v) is 2.42. The van der Waals surface area contributed by atoms with E-state index >= 15 is 0 Å². The smallest absolute Gasteiger partial charge is 0.0462 e. The van der Waals surface area contributed by atoms with E-state index in [4.69, 9.17) is 0 Å². The molecule has 0 aromatic heterocycles. The predicted molar refractivity (Wildman–Crippen MR) is 38.7 cm³/mol. The SMILES string of the molecule is C1=C\CNCS\C=C/1. The van der Waals surface area contributed by atoms with Crippen LogP contribution in [-0.2, 0) is 0 Å². The zero-order valence-corrected chi connectivity index (χ0v) is 5.45. The molecule has 0 unspecified atom stereocenters. The number of allylic oxidation sites excluding steroid dienone is 2. The van der Waals surface area contributed by atoms with Gasteiger partial charge in [0.25, 0.3) is 0 Å². The lowest BCUT2D eigenvalue weighted by molar-refractivity contribution is 0.892. The first kappa shape index (κ1) is 5.92. The number of thioether (sulfide) groups is 1. The average Bonchev–Trinajstić information content (AvgIpc) is 1.62. The summed E-state index contributed by atoms with van der Waals surface area (Å²) in [6.07, 6.45) is 6.22. The summed E-state index contributed by atoms with van der Waals surface area (Å²) < 4.78 is 0. The van der Waals surface area contributed by atoms with E-state index in [1.54, 1.807) is 11.8 Å². The van der Waals surface area contributed by atoms with Gasteiger partial charge in [0.1, 0.15) is 0 Å². The van der Waals surface area contributed by atoms with Crippen LogP contribution in [0.5, 0.6) is 0 Å². The topological polar surface area (TPSA) is 12.0 Å². The molecule has 0 spiro atoms. The van der Waals surface area contributed by atoms with Crippen molar-refractivity contribution in [1.29, 1.82) is 0 Å². The molecule has 2 heteroatoms. The first-order valence-electron chi connectivity index (χ1n) is 2.64. The number of hydrogen-bond donors (Lipinski definition) is 1. The van der Waals surface area contributed by atoms with Crippen LogP contribution in [0.25, 0.3) is 0 Å². The molecule has 1 nitrogen and oxygen atoms in total. The third-order valence-corrected chi connectivity index (χ3v) is 1.59. The van der Waals surface area contributed by atoms with Gasteiger partial charge in [-0.3, -0.25) is 0 Å². The summed E-state index contributed by atoms with van der Waals surface area (Å²) in [5, 5.41) is 5.30. The van der Waals surface area contributed by atoms with Crippen LogP contribution in [0.1, 0.15) is 0 Å². The second kappa shape index (κ2) is 3.75. The largest absolute Gasteiger partial charge is 0.304 e. The fraction of sp³-hybridized carbons (Fsp3) is 0.333. The quantitative estimate of drug-likeness (QED) is 0.527. The first-order valence-corrected chi connectivity index (χ1v) is 3.69.